The van der Waals surface area contributed by atoms with Gasteiger partial charge in [0.2, 0.25) is 0 Å². The highest BCUT2D eigenvalue weighted by molar-refractivity contribution is 5.75. The van der Waals surface area contributed by atoms with Crippen LogP contribution in [0.3, 0.4) is 0 Å². The Balaban J connectivity index is 0.000000243. The van der Waals surface area contributed by atoms with E-state index >= 15 is 0 Å². The highest BCUT2D eigenvalue weighted by Crippen LogP contribution is 1.80. The quantitative estimate of drug-likeness (QED) is 0.465. The van der Waals surface area contributed by atoms with E-state index in [1.165, 1.54) is 0 Å². The van der Waals surface area contributed by atoms with E-state index in [-0.39, 0.29) is 0 Å². The minimum absolute atomic E-state index is 0.519. The number of nitrogens with zero attached hydrogens (tertiary/aromatic N) is 2. The first-order valence-corrected chi connectivity index (χ1v) is 4.06. The Morgan fingerprint density at radius 2 is 1.38 bits per heavy atom. The molecule has 2 N–H and O–H groups in total. The first-order chi connectivity index (χ1) is 6.05. The molecule has 0 radical (unpaired) electrons. The van der Waals surface area contributed by atoms with Crippen molar-refractivity contribution in [3.63, 3.8) is 0 Å². The molecule has 0 spiro atoms. The van der Waals surface area contributed by atoms with Crippen LogP contribution in [0.15, 0.2) is 24.5 Å². The zero-order chi connectivity index (χ0) is 10.3. The molecule has 0 saturated heterocycles. The van der Waals surface area contributed by atoms with Crippen molar-refractivity contribution in [2.24, 2.45) is 0 Å². The van der Waals surface area contributed by atoms with E-state index < -0.39 is 0 Å². The molecule has 0 aromatic carbocycles. The molecule has 0 bridgehead atoms. The second kappa shape index (κ2) is 6.11. The summed E-state index contributed by atoms with van der Waals surface area (Å²) in [7, 11) is 7.40. The Bertz CT molecular complexity index is 186. The maximum atomic E-state index is 7.25. The van der Waals surface area contributed by atoms with Crippen LogP contribution in [-0.4, -0.2) is 48.9 Å². The largest absolute Gasteiger partial charge is 0.368 e. The fourth-order valence-corrected chi connectivity index (χ4v) is 0.678. The molecule has 1 aromatic rings. The standard InChI is InChI=1S/C5H13N3.C4H5N/c1-7(2)5(6)8(3)4;1-2-4-5-3-1/h6H,1-4H3;1-5H. The van der Waals surface area contributed by atoms with Crippen LogP contribution < -0.4 is 0 Å². The molecule has 0 unspecified atom stereocenters. The van der Waals surface area contributed by atoms with Crippen molar-refractivity contribution in [3.8, 4) is 0 Å². The number of aromatic amines is 1. The fourth-order valence-electron chi connectivity index (χ4n) is 0.678. The first-order valence-electron chi connectivity index (χ1n) is 4.06. The van der Waals surface area contributed by atoms with E-state index in [4.69, 9.17) is 5.41 Å². The summed E-state index contributed by atoms with van der Waals surface area (Å²) >= 11 is 0. The summed E-state index contributed by atoms with van der Waals surface area (Å²) in [6, 6.07) is 3.89. The van der Waals surface area contributed by atoms with Crippen LogP contribution in [0.5, 0.6) is 0 Å². The Kier molecular flexibility index (Phi) is 5.43. The van der Waals surface area contributed by atoms with Crippen LogP contribution in [0.1, 0.15) is 0 Å². The molecule has 0 atom stereocenters. The van der Waals surface area contributed by atoms with Gasteiger partial charge in [-0.15, -0.1) is 0 Å². The van der Waals surface area contributed by atoms with Gasteiger partial charge in [-0.1, -0.05) is 0 Å². The van der Waals surface area contributed by atoms with Gasteiger partial charge in [0.05, 0.1) is 0 Å². The number of H-pyrrole nitrogens is 1. The highest BCUT2D eigenvalue weighted by atomic mass is 15.3. The molecule has 0 aliphatic rings. The molecule has 0 aliphatic heterocycles. The van der Waals surface area contributed by atoms with Gasteiger partial charge in [-0.25, -0.2) is 0 Å². The third kappa shape index (κ3) is 5.78. The van der Waals surface area contributed by atoms with E-state index in [1.807, 2.05) is 52.7 Å². The lowest BCUT2D eigenvalue weighted by atomic mass is 10.7. The Morgan fingerprint density at radius 1 is 1.00 bits per heavy atom. The molecule has 74 valence electrons. The lowest BCUT2D eigenvalue weighted by Crippen LogP contribution is -2.34. The second-order valence-electron chi connectivity index (χ2n) is 3.00. The van der Waals surface area contributed by atoms with E-state index in [0.29, 0.717) is 5.96 Å². The topological polar surface area (TPSA) is 46.1 Å². The normalized spacial score (nSPS) is 8.31. The van der Waals surface area contributed by atoms with Crippen molar-refractivity contribution in [2.45, 2.75) is 0 Å². The number of aromatic nitrogens is 1. The monoisotopic (exact) mass is 182 g/mol. The molecule has 4 nitrogen and oxygen atoms in total. The predicted molar refractivity (Wildman–Crippen MR) is 55.9 cm³/mol. The van der Waals surface area contributed by atoms with Gasteiger partial charge in [-0.3, -0.25) is 5.41 Å². The van der Waals surface area contributed by atoms with Gasteiger partial charge in [-0.05, 0) is 12.1 Å². The Labute approximate surface area is 79.7 Å². The molecule has 0 amide bonds. The zero-order valence-electron chi connectivity index (χ0n) is 8.70. The lowest BCUT2D eigenvalue weighted by Gasteiger charge is -2.19. The molecule has 1 heterocycles. The third-order valence-corrected chi connectivity index (χ3v) is 1.34. The number of guanidine groups is 1. The highest BCUT2D eigenvalue weighted by Gasteiger charge is 1.97. The third-order valence-electron chi connectivity index (χ3n) is 1.34. The lowest BCUT2D eigenvalue weighted by molar-refractivity contribution is 0.478. The molecule has 1 aromatic heterocycles. The molecule has 4 heteroatoms. The van der Waals surface area contributed by atoms with Crippen LogP contribution in [0, 0.1) is 5.41 Å². The maximum absolute atomic E-state index is 7.25. The van der Waals surface area contributed by atoms with Gasteiger partial charge in [-0.2, -0.15) is 0 Å². The summed E-state index contributed by atoms with van der Waals surface area (Å²) in [4.78, 5) is 6.36. The van der Waals surface area contributed by atoms with Gasteiger partial charge in [0.15, 0.2) is 5.96 Å². The molecular weight excluding hydrogens is 164 g/mol. The Morgan fingerprint density at radius 3 is 1.46 bits per heavy atom. The van der Waals surface area contributed by atoms with Crippen molar-refractivity contribution in [3.05, 3.63) is 24.5 Å². The van der Waals surface area contributed by atoms with Crippen molar-refractivity contribution >= 4 is 5.96 Å². The van der Waals surface area contributed by atoms with Crippen LogP contribution in [-0.2, 0) is 0 Å². The molecule has 0 saturated carbocycles. The summed E-state index contributed by atoms with van der Waals surface area (Å²) in [5.41, 5.74) is 0. The van der Waals surface area contributed by atoms with Crippen molar-refractivity contribution < 1.29 is 0 Å². The van der Waals surface area contributed by atoms with Gasteiger partial charge < -0.3 is 14.8 Å². The van der Waals surface area contributed by atoms with Crippen molar-refractivity contribution in [1.82, 2.24) is 14.8 Å². The summed E-state index contributed by atoms with van der Waals surface area (Å²) < 4.78 is 0. The molecule has 1 rings (SSSR count). The number of nitrogens with one attached hydrogen (secondary N) is 2. The SMILES string of the molecule is CN(C)C(=N)N(C)C.c1cc[nH]c1. The van der Waals surface area contributed by atoms with Gasteiger partial charge >= 0.3 is 0 Å². The van der Waals surface area contributed by atoms with Crippen LogP contribution in [0.4, 0.5) is 0 Å². The second-order valence-corrected chi connectivity index (χ2v) is 3.00. The number of rotatable bonds is 0. The molecule has 0 aliphatic carbocycles. The van der Waals surface area contributed by atoms with E-state index in [0.717, 1.165) is 0 Å². The summed E-state index contributed by atoms with van der Waals surface area (Å²) in [5, 5.41) is 7.25. The number of hydrogen-bond donors (Lipinski definition) is 2. The maximum Gasteiger partial charge on any atom is 0.192 e. The van der Waals surface area contributed by atoms with E-state index in [9.17, 15) is 0 Å². The zero-order valence-corrected chi connectivity index (χ0v) is 8.70. The smallest absolute Gasteiger partial charge is 0.192 e. The predicted octanol–water partition coefficient (Wildman–Crippen LogP) is 1.06. The summed E-state index contributed by atoms with van der Waals surface area (Å²) in [6.45, 7) is 0. The van der Waals surface area contributed by atoms with Gasteiger partial charge in [0, 0.05) is 40.6 Å². The van der Waals surface area contributed by atoms with Crippen LogP contribution >= 0.6 is 0 Å². The molecule has 13 heavy (non-hydrogen) atoms. The molecular formula is C9H18N4. The Hall–Kier alpha value is -1.45. The van der Waals surface area contributed by atoms with Crippen LogP contribution in [0.25, 0.3) is 0 Å². The van der Waals surface area contributed by atoms with E-state index in [2.05, 4.69) is 4.98 Å². The van der Waals surface area contributed by atoms with Gasteiger partial charge in [0.25, 0.3) is 0 Å². The summed E-state index contributed by atoms with van der Waals surface area (Å²) in [6.07, 6.45) is 3.75. The van der Waals surface area contributed by atoms with E-state index in [1.54, 1.807) is 9.80 Å². The van der Waals surface area contributed by atoms with Crippen molar-refractivity contribution in [2.75, 3.05) is 28.2 Å². The van der Waals surface area contributed by atoms with Crippen molar-refractivity contribution in [1.29, 1.82) is 5.41 Å². The average molecular weight is 182 g/mol. The first kappa shape index (κ1) is 11.6. The summed E-state index contributed by atoms with van der Waals surface area (Å²) in [5.74, 6) is 0.519. The van der Waals surface area contributed by atoms with Gasteiger partial charge in [0.1, 0.15) is 0 Å². The minimum Gasteiger partial charge on any atom is -0.368 e. The fraction of sp³-hybridized carbons (Fsp3) is 0.444. The van der Waals surface area contributed by atoms with Crippen LogP contribution in [0.2, 0.25) is 0 Å². The average Bonchev–Trinajstić information content (AvgIpc) is 2.59. The minimum atomic E-state index is 0.519. The number of hydrogen-bond acceptors (Lipinski definition) is 1. The molecule has 0 fully saturated rings.